The second-order valence-corrected chi connectivity index (χ2v) is 5.74. The van der Waals surface area contributed by atoms with Crippen LogP contribution in [0.15, 0.2) is 30.3 Å². The fourth-order valence-corrected chi connectivity index (χ4v) is 3.43. The van der Waals surface area contributed by atoms with Crippen LogP contribution >= 0.6 is 0 Å². The van der Waals surface area contributed by atoms with E-state index in [4.69, 9.17) is 0 Å². The first kappa shape index (κ1) is 13.2. The molecule has 106 valence electrons. The molecule has 2 fully saturated rings. The fraction of sp³-hybridized carbons (Fsp3) is 0.500. The van der Waals surface area contributed by atoms with E-state index in [0.29, 0.717) is 6.54 Å². The van der Waals surface area contributed by atoms with Gasteiger partial charge >= 0.3 is 6.03 Å². The summed E-state index contributed by atoms with van der Waals surface area (Å²) in [6.45, 7) is 0.613. The Balaban J connectivity index is 1.75. The number of amides is 3. The molecule has 4 nitrogen and oxygen atoms in total. The number of hydrogen-bond acceptors (Lipinski definition) is 2. The number of carbonyl (C=O) groups excluding carboxylic acids is 2. The van der Waals surface area contributed by atoms with Crippen LogP contribution in [0.25, 0.3) is 0 Å². The number of carbonyl (C=O) groups is 2. The number of urea groups is 1. The van der Waals surface area contributed by atoms with Gasteiger partial charge in [-0.15, -0.1) is 0 Å². The van der Waals surface area contributed by atoms with Crippen molar-refractivity contribution in [1.29, 1.82) is 0 Å². The average Bonchev–Trinajstić information content (AvgIpc) is 2.70. The van der Waals surface area contributed by atoms with Crippen LogP contribution < -0.4 is 5.32 Å². The largest absolute Gasteiger partial charge is 0.325 e. The van der Waals surface area contributed by atoms with E-state index in [-0.39, 0.29) is 11.9 Å². The Bertz CT molecular complexity index is 506. The molecule has 20 heavy (non-hydrogen) atoms. The van der Waals surface area contributed by atoms with Crippen molar-refractivity contribution in [2.45, 2.75) is 44.1 Å². The SMILES string of the molecule is O=C1NC(=O)C2(CCCCC2)N1CCc1ccccc1. The summed E-state index contributed by atoms with van der Waals surface area (Å²) in [6.07, 6.45) is 5.63. The quantitative estimate of drug-likeness (QED) is 0.859. The Hall–Kier alpha value is -1.84. The standard InChI is InChI=1S/C16H20N2O2/c19-14-16(10-5-2-6-11-16)18(15(20)17-14)12-9-13-7-3-1-4-8-13/h1,3-4,7-8H,2,5-6,9-12H2,(H,17,19,20). The van der Waals surface area contributed by atoms with Gasteiger partial charge in [0.1, 0.15) is 5.54 Å². The zero-order chi connectivity index (χ0) is 14.0. The maximum atomic E-state index is 12.2. The molecular weight excluding hydrogens is 252 g/mol. The van der Waals surface area contributed by atoms with E-state index in [1.807, 2.05) is 18.2 Å². The van der Waals surface area contributed by atoms with Crippen molar-refractivity contribution in [3.05, 3.63) is 35.9 Å². The summed E-state index contributed by atoms with van der Waals surface area (Å²) in [6, 6.07) is 9.89. The Kier molecular flexibility index (Phi) is 3.47. The third-order valence-corrected chi connectivity index (χ3v) is 4.55. The number of nitrogens with one attached hydrogen (secondary N) is 1. The molecule has 1 aromatic rings. The Morgan fingerprint density at radius 2 is 1.75 bits per heavy atom. The fourth-order valence-electron chi connectivity index (χ4n) is 3.43. The molecule has 0 bridgehead atoms. The number of benzene rings is 1. The highest BCUT2D eigenvalue weighted by molar-refractivity contribution is 6.07. The van der Waals surface area contributed by atoms with E-state index in [1.165, 1.54) is 5.56 Å². The number of nitrogens with zero attached hydrogens (tertiary/aromatic N) is 1. The highest BCUT2D eigenvalue weighted by Crippen LogP contribution is 2.37. The van der Waals surface area contributed by atoms with Gasteiger partial charge in [0.05, 0.1) is 0 Å². The van der Waals surface area contributed by atoms with Gasteiger partial charge in [0.25, 0.3) is 5.91 Å². The first-order valence-electron chi connectivity index (χ1n) is 7.39. The topological polar surface area (TPSA) is 49.4 Å². The molecule has 1 aromatic carbocycles. The summed E-state index contributed by atoms with van der Waals surface area (Å²) in [5.74, 6) is -0.0877. The number of rotatable bonds is 3. The average molecular weight is 272 g/mol. The van der Waals surface area contributed by atoms with E-state index < -0.39 is 5.54 Å². The van der Waals surface area contributed by atoms with Crippen molar-refractivity contribution < 1.29 is 9.59 Å². The monoisotopic (exact) mass is 272 g/mol. The predicted octanol–water partition coefficient (Wildman–Crippen LogP) is 2.48. The highest BCUT2D eigenvalue weighted by atomic mass is 16.2. The maximum absolute atomic E-state index is 12.2. The zero-order valence-corrected chi connectivity index (χ0v) is 11.6. The summed E-state index contributed by atoms with van der Waals surface area (Å²) < 4.78 is 0. The summed E-state index contributed by atoms with van der Waals surface area (Å²) in [7, 11) is 0. The van der Waals surface area contributed by atoms with Crippen LogP contribution in [0.5, 0.6) is 0 Å². The van der Waals surface area contributed by atoms with Gasteiger partial charge in [0.15, 0.2) is 0 Å². The molecule has 2 aliphatic rings. The van der Waals surface area contributed by atoms with E-state index in [2.05, 4.69) is 17.4 Å². The Labute approximate surface area is 119 Å². The van der Waals surface area contributed by atoms with Crippen LogP contribution in [0.2, 0.25) is 0 Å². The minimum Gasteiger partial charge on any atom is -0.309 e. The molecule has 1 aliphatic carbocycles. The van der Waals surface area contributed by atoms with Crippen molar-refractivity contribution >= 4 is 11.9 Å². The van der Waals surface area contributed by atoms with Crippen LogP contribution in [-0.2, 0) is 11.2 Å². The van der Waals surface area contributed by atoms with Crippen LogP contribution in [0.1, 0.15) is 37.7 Å². The van der Waals surface area contributed by atoms with E-state index in [1.54, 1.807) is 4.90 Å². The minimum absolute atomic E-state index is 0.0877. The lowest BCUT2D eigenvalue weighted by atomic mass is 9.80. The molecular formula is C16H20N2O2. The van der Waals surface area contributed by atoms with E-state index in [0.717, 1.165) is 38.5 Å². The van der Waals surface area contributed by atoms with Gasteiger partial charge in [-0.05, 0) is 24.8 Å². The molecule has 1 saturated carbocycles. The second kappa shape index (κ2) is 5.27. The molecule has 1 heterocycles. The summed E-state index contributed by atoms with van der Waals surface area (Å²) in [5, 5.41) is 2.51. The van der Waals surface area contributed by atoms with Crippen LogP contribution in [0.3, 0.4) is 0 Å². The van der Waals surface area contributed by atoms with Crippen molar-refractivity contribution in [2.75, 3.05) is 6.54 Å². The van der Waals surface area contributed by atoms with Crippen molar-refractivity contribution in [1.82, 2.24) is 10.2 Å². The third kappa shape index (κ3) is 2.19. The van der Waals surface area contributed by atoms with Crippen molar-refractivity contribution in [3.63, 3.8) is 0 Å². The van der Waals surface area contributed by atoms with Gasteiger partial charge in [-0.1, -0.05) is 49.6 Å². The Morgan fingerprint density at radius 3 is 2.45 bits per heavy atom. The van der Waals surface area contributed by atoms with Gasteiger partial charge in [0, 0.05) is 6.54 Å². The van der Waals surface area contributed by atoms with Crippen LogP contribution in [0, 0.1) is 0 Å². The van der Waals surface area contributed by atoms with Gasteiger partial charge in [0.2, 0.25) is 0 Å². The molecule has 3 rings (SSSR count). The predicted molar refractivity (Wildman–Crippen MR) is 76.2 cm³/mol. The lowest BCUT2D eigenvalue weighted by molar-refractivity contribution is -0.128. The molecule has 0 atom stereocenters. The van der Waals surface area contributed by atoms with Crippen molar-refractivity contribution in [3.8, 4) is 0 Å². The van der Waals surface area contributed by atoms with Gasteiger partial charge in [-0.3, -0.25) is 10.1 Å². The highest BCUT2D eigenvalue weighted by Gasteiger charge is 2.52. The normalized spacial score (nSPS) is 21.3. The summed E-state index contributed by atoms with van der Waals surface area (Å²) >= 11 is 0. The number of hydrogen-bond donors (Lipinski definition) is 1. The first-order chi connectivity index (χ1) is 9.72. The molecule has 1 spiro atoms. The lowest BCUT2D eigenvalue weighted by Crippen LogP contribution is -2.51. The first-order valence-corrected chi connectivity index (χ1v) is 7.39. The molecule has 0 unspecified atom stereocenters. The molecule has 1 N–H and O–H groups in total. The van der Waals surface area contributed by atoms with Crippen molar-refractivity contribution in [2.24, 2.45) is 0 Å². The molecule has 3 amide bonds. The molecule has 0 radical (unpaired) electrons. The third-order valence-electron chi connectivity index (χ3n) is 4.55. The summed E-state index contributed by atoms with van der Waals surface area (Å²) in [5.41, 5.74) is 0.634. The molecule has 0 aromatic heterocycles. The number of imide groups is 1. The molecule has 1 saturated heterocycles. The second-order valence-electron chi connectivity index (χ2n) is 5.74. The molecule has 4 heteroatoms. The van der Waals surface area contributed by atoms with Gasteiger partial charge in [-0.25, -0.2) is 4.79 Å². The van der Waals surface area contributed by atoms with Crippen LogP contribution in [0.4, 0.5) is 4.79 Å². The molecule has 1 aliphatic heterocycles. The Morgan fingerprint density at radius 1 is 1.05 bits per heavy atom. The smallest absolute Gasteiger partial charge is 0.309 e. The zero-order valence-electron chi connectivity index (χ0n) is 11.6. The minimum atomic E-state index is -0.565. The van der Waals surface area contributed by atoms with Crippen LogP contribution in [-0.4, -0.2) is 28.9 Å². The van der Waals surface area contributed by atoms with Gasteiger partial charge < -0.3 is 4.90 Å². The van der Waals surface area contributed by atoms with E-state index in [9.17, 15) is 9.59 Å². The summed E-state index contributed by atoms with van der Waals surface area (Å²) in [4.78, 5) is 26.1. The van der Waals surface area contributed by atoms with E-state index >= 15 is 0 Å². The maximum Gasteiger partial charge on any atom is 0.325 e. The lowest BCUT2D eigenvalue weighted by Gasteiger charge is -2.38. The van der Waals surface area contributed by atoms with Gasteiger partial charge in [-0.2, -0.15) is 0 Å².